The molecule has 2 N–H and O–H groups in total. The Kier molecular flexibility index (Phi) is 9.19. The first-order valence-electron chi connectivity index (χ1n) is 11.3. The molecular weight excluding hydrogens is 404 g/mol. The summed E-state index contributed by atoms with van der Waals surface area (Å²) in [6.45, 7) is 8.93. The second kappa shape index (κ2) is 12.3. The molecule has 0 aromatic heterocycles. The fraction of sp³-hybridized carbons (Fsp3) is 0.480. The van der Waals surface area contributed by atoms with Crippen LogP contribution in [0.3, 0.4) is 0 Å². The van der Waals surface area contributed by atoms with E-state index in [4.69, 9.17) is 9.47 Å². The molecule has 0 aliphatic carbocycles. The summed E-state index contributed by atoms with van der Waals surface area (Å²) >= 11 is 0. The van der Waals surface area contributed by atoms with E-state index in [1.807, 2.05) is 25.1 Å². The number of carbonyl (C=O) groups is 1. The Morgan fingerprint density at radius 2 is 1.72 bits per heavy atom. The molecule has 1 unspecified atom stereocenters. The van der Waals surface area contributed by atoms with Gasteiger partial charge in [0.05, 0.1) is 20.3 Å². The van der Waals surface area contributed by atoms with Gasteiger partial charge < -0.3 is 25.0 Å². The molecule has 0 saturated carbocycles. The SMILES string of the molecule is COc1ccc(OC)c(C(C)NC(=O)NCCCN2CCN(Cc3ccccc3)CC2)c1. The lowest BCUT2D eigenvalue weighted by Gasteiger charge is -2.34. The number of hydrogen-bond acceptors (Lipinski definition) is 5. The number of carbonyl (C=O) groups excluding carboxylic acids is 1. The van der Waals surface area contributed by atoms with Crippen molar-refractivity contribution in [2.45, 2.75) is 25.9 Å². The molecule has 174 valence electrons. The Balaban J connectivity index is 1.33. The molecule has 3 rings (SSSR count). The third-order valence-electron chi connectivity index (χ3n) is 5.90. The molecule has 0 radical (unpaired) electrons. The molecule has 1 fully saturated rings. The maximum absolute atomic E-state index is 12.3. The van der Waals surface area contributed by atoms with Gasteiger partial charge in [0.25, 0.3) is 0 Å². The van der Waals surface area contributed by atoms with Crippen LogP contribution in [0.4, 0.5) is 4.79 Å². The highest BCUT2D eigenvalue weighted by Crippen LogP contribution is 2.29. The second-order valence-corrected chi connectivity index (χ2v) is 8.19. The first-order valence-corrected chi connectivity index (χ1v) is 11.3. The standard InChI is InChI=1S/C25H36N4O3/c1-20(23-18-22(31-2)10-11-24(23)32-3)27-25(30)26-12-7-13-28-14-16-29(17-15-28)19-21-8-5-4-6-9-21/h4-6,8-11,18,20H,7,12-17,19H2,1-3H3,(H2,26,27,30). The third-order valence-corrected chi connectivity index (χ3v) is 5.90. The Labute approximate surface area is 191 Å². The van der Waals surface area contributed by atoms with Crippen LogP contribution < -0.4 is 20.1 Å². The number of piperazine rings is 1. The molecule has 1 aliphatic rings. The molecule has 0 spiro atoms. The van der Waals surface area contributed by atoms with E-state index in [2.05, 4.69) is 50.8 Å². The van der Waals surface area contributed by atoms with Gasteiger partial charge in [0.2, 0.25) is 0 Å². The first kappa shape index (κ1) is 23.9. The molecule has 7 nitrogen and oxygen atoms in total. The van der Waals surface area contributed by atoms with Crippen LogP contribution in [0.5, 0.6) is 11.5 Å². The highest BCUT2D eigenvalue weighted by molar-refractivity contribution is 5.74. The number of benzene rings is 2. The van der Waals surface area contributed by atoms with Gasteiger partial charge in [-0.25, -0.2) is 4.79 Å². The quantitative estimate of drug-likeness (QED) is 0.555. The van der Waals surface area contributed by atoms with Crippen LogP contribution in [0.25, 0.3) is 0 Å². The lowest BCUT2D eigenvalue weighted by molar-refractivity contribution is 0.126. The van der Waals surface area contributed by atoms with Crippen molar-refractivity contribution < 1.29 is 14.3 Å². The summed E-state index contributed by atoms with van der Waals surface area (Å²) in [7, 11) is 3.25. The fourth-order valence-electron chi connectivity index (χ4n) is 4.02. The minimum absolute atomic E-state index is 0.171. The summed E-state index contributed by atoms with van der Waals surface area (Å²) in [5.41, 5.74) is 2.26. The molecule has 2 amide bonds. The first-order chi connectivity index (χ1) is 15.6. The van der Waals surface area contributed by atoms with Gasteiger partial charge in [-0.05, 0) is 43.7 Å². The fourth-order valence-corrected chi connectivity index (χ4v) is 4.02. The number of methoxy groups -OCH3 is 2. The molecule has 1 heterocycles. The number of ether oxygens (including phenoxy) is 2. The predicted octanol–water partition coefficient (Wildman–Crippen LogP) is 3.27. The lowest BCUT2D eigenvalue weighted by Crippen LogP contribution is -2.46. The minimum atomic E-state index is -0.197. The Morgan fingerprint density at radius 1 is 1.00 bits per heavy atom. The Morgan fingerprint density at radius 3 is 2.41 bits per heavy atom. The molecular formula is C25H36N4O3. The largest absolute Gasteiger partial charge is 0.497 e. The van der Waals surface area contributed by atoms with E-state index < -0.39 is 0 Å². The predicted molar refractivity (Wildman–Crippen MR) is 127 cm³/mol. The van der Waals surface area contributed by atoms with Crippen molar-refractivity contribution in [2.24, 2.45) is 0 Å². The number of nitrogens with one attached hydrogen (secondary N) is 2. The van der Waals surface area contributed by atoms with E-state index >= 15 is 0 Å². The lowest BCUT2D eigenvalue weighted by atomic mass is 10.1. The molecule has 2 aromatic carbocycles. The summed E-state index contributed by atoms with van der Waals surface area (Å²) in [5.74, 6) is 1.46. The summed E-state index contributed by atoms with van der Waals surface area (Å²) in [4.78, 5) is 17.3. The van der Waals surface area contributed by atoms with Gasteiger partial charge in [0.15, 0.2) is 0 Å². The van der Waals surface area contributed by atoms with E-state index in [1.54, 1.807) is 14.2 Å². The number of amides is 2. The van der Waals surface area contributed by atoms with Crippen LogP contribution in [0.1, 0.15) is 30.5 Å². The molecule has 2 aromatic rings. The van der Waals surface area contributed by atoms with Crippen molar-refractivity contribution >= 4 is 6.03 Å². The Bertz CT molecular complexity index is 838. The average Bonchev–Trinajstić information content (AvgIpc) is 2.83. The molecule has 1 atom stereocenters. The minimum Gasteiger partial charge on any atom is -0.497 e. The van der Waals surface area contributed by atoms with Crippen molar-refractivity contribution in [1.82, 2.24) is 20.4 Å². The summed E-state index contributed by atoms with van der Waals surface area (Å²) in [5, 5.41) is 5.95. The maximum atomic E-state index is 12.3. The summed E-state index contributed by atoms with van der Waals surface area (Å²) < 4.78 is 10.7. The molecule has 7 heteroatoms. The number of hydrogen-bond donors (Lipinski definition) is 2. The van der Waals surface area contributed by atoms with Crippen LogP contribution in [0.15, 0.2) is 48.5 Å². The number of nitrogens with zero attached hydrogens (tertiary/aromatic N) is 2. The zero-order valence-corrected chi connectivity index (χ0v) is 19.5. The topological polar surface area (TPSA) is 66.1 Å². The monoisotopic (exact) mass is 440 g/mol. The zero-order valence-electron chi connectivity index (χ0n) is 19.5. The van der Waals surface area contributed by atoms with Crippen LogP contribution in [-0.4, -0.2) is 69.3 Å². The third kappa shape index (κ3) is 7.14. The van der Waals surface area contributed by atoms with Crippen LogP contribution in [0.2, 0.25) is 0 Å². The van der Waals surface area contributed by atoms with Crippen LogP contribution >= 0.6 is 0 Å². The van der Waals surface area contributed by atoms with Gasteiger partial charge in [-0.15, -0.1) is 0 Å². The van der Waals surface area contributed by atoms with Gasteiger partial charge in [0, 0.05) is 44.8 Å². The van der Waals surface area contributed by atoms with E-state index in [-0.39, 0.29) is 12.1 Å². The van der Waals surface area contributed by atoms with Gasteiger partial charge in [-0.3, -0.25) is 4.90 Å². The van der Waals surface area contributed by atoms with E-state index in [1.165, 1.54) is 5.56 Å². The van der Waals surface area contributed by atoms with Gasteiger partial charge in [-0.2, -0.15) is 0 Å². The molecule has 1 aliphatic heterocycles. The summed E-state index contributed by atoms with van der Waals surface area (Å²) in [6, 6.07) is 15.9. The van der Waals surface area contributed by atoms with Gasteiger partial charge in [0.1, 0.15) is 11.5 Å². The Hall–Kier alpha value is -2.77. The highest BCUT2D eigenvalue weighted by atomic mass is 16.5. The zero-order chi connectivity index (χ0) is 22.8. The van der Waals surface area contributed by atoms with Crippen molar-refractivity contribution in [1.29, 1.82) is 0 Å². The molecule has 1 saturated heterocycles. The van der Waals surface area contributed by atoms with Gasteiger partial charge in [-0.1, -0.05) is 30.3 Å². The van der Waals surface area contributed by atoms with E-state index in [9.17, 15) is 4.79 Å². The average molecular weight is 441 g/mol. The van der Waals surface area contributed by atoms with Crippen LogP contribution in [-0.2, 0) is 6.54 Å². The molecule has 0 bridgehead atoms. The van der Waals surface area contributed by atoms with E-state index in [0.717, 1.165) is 62.8 Å². The number of urea groups is 1. The van der Waals surface area contributed by atoms with E-state index in [0.29, 0.717) is 6.54 Å². The number of rotatable bonds is 10. The second-order valence-electron chi connectivity index (χ2n) is 8.19. The van der Waals surface area contributed by atoms with Crippen LogP contribution in [0, 0.1) is 0 Å². The highest BCUT2D eigenvalue weighted by Gasteiger charge is 2.17. The van der Waals surface area contributed by atoms with Crippen molar-refractivity contribution in [3.05, 3.63) is 59.7 Å². The molecule has 32 heavy (non-hydrogen) atoms. The van der Waals surface area contributed by atoms with Crippen molar-refractivity contribution in [3.8, 4) is 11.5 Å². The smallest absolute Gasteiger partial charge is 0.315 e. The summed E-state index contributed by atoms with van der Waals surface area (Å²) in [6.07, 6.45) is 0.933. The van der Waals surface area contributed by atoms with Crippen molar-refractivity contribution in [2.75, 3.05) is 53.5 Å². The maximum Gasteiger partial charge on any atom is 0.315 e. The van der Waals surface area contributed by atoms with Gasteiger partial charge >= 0.3 is 6.03 Å². The normalized spacial score (nSPS) is 15.7. The van der Waals surface area contributed by atoms with Crippen molar-refractivity contribution in [3.63, 3.8) is 0 Å².